The molecule has 0 N–H and O–H groups in total. The van der Waals surface area contributed by atoms with Crippen molar-refractivity contribution in [3.05, 3.63) is 70.8 Å². The molecule has 1 aliphatic carbocycles. The summed E-state index contributed by atoms with van der Waals surface area (Å²) in [5, 5.41) is 0. The molecule has 112 valence electrons. The van der Waals surface area contributed by atoms with Crippen LogP contribution in [0.3, 0.4) is 0 Å². The standard InChI is InChI=1S/C17H11F3O2/c18-17(19,20)22-14-7-5-11(6-8-14)9-13-10-12-3-1-2-4-15(12)16(13)21/h1-9H,10H2/b13-9+. The molecule has 2 nitrogen and oxygen atoms in total. The zero-order valence-electron chi connectivity index (χ0n) is 11.4. The van der Waals surface area contributed by atoms with Crippen LogP contribution in [0.2, 0.25) is 0 Å². The Morgan fingerprint density at radius 3 is 2.32 bits per heavy atom. The maximum Gasteiger partial charge on any atom is 0.573 e. The fourth-order valence-corrected chi connectivity index (χ4v) is 2.44. The number of Topliss-reactive ketones (excluding diaryl/α,β-unsaturated/α-hetero) is 1. The smallest absolute Gasteiger partial charge is 0.406 e. The summed E-state index contributed by atoms with van der Waals surface area (Å²) in [4.78, 5) is 12.2. The van der Waals surface area contributed by atoms with Crippen LogP contribution in [0.25, 0.3) is 6.08 Å². The summed E-state index contributed by atoms with van der Waals surface area (Å²) in [5.74, 6) is -0.318. The Morgan fingerprint density at radius 2 is 1.68 bits per heavy atom. The Bertz CT molecular complexity index is 743. The third kappa shape index (κ3) is 3.03. The molecule has 0 spiro atoms. The molecular formula is C17H11F3O2. The van der Waals surface area contributed by atoms with E-state index in [1.54, 1.807) is 12.1 Å². The lowest BCUT2D eigenvalue weighted by atomic mass is 10.1. The highest BCUT2D eigenvalue weighted by Crippen LogP contribution is 2.28. The van der Waals surface area contributed by atoms with Gasteiger partial charge in [-0.05, 0) is 29.3 Å². The van der Waals surface area contributed by atoms with E-state index in [1.165, 1.54) is 24.3 Å². The fraction of sp³-hybridized carbons (Fsp3) is 0.118. The first kappa shape index (κ1) is 14.4. The number of allylic oxidation sites excluding steroid dienone is 1. The molecule has 0 fully saturated rings. The van der Waals surface area contributed by atoms with Gasteiger partial charge in [-0.15, -0.1) is 13.2 Å². The summed E-state index contributed by atoms with van der Waals surface area (Å²) in [5.41, 5.74) is 2.94. The van der Waals surface area contributed by atoms with Crippen molar-refractivity contribution in [1.82, 2.24) is 0 Å². The minimum atomic E-state index is -4.71. The molecule has 0 aliphatic heterocycles. The van der Waals surface area contributed by atoms with Crippen LogP contribution in [0.15, 0.2) is 54.1 Å². The van der Waals surface area contributed by atoms with E-state index in [0.717, 1.165) is 5.56 Å². The molecule has 0 saturated heterocycles. The van der Waals surface area contributed by atoms with Gasteiger partial charge in [0.2, 0.25) is 0 Å². The van der Waals surface area contributed by atoms with Crippen molar-refractivity contribution in [3.8, 4) is 5.75 Å². The Balaban J connectivity index is 1.81. The van der Waals surface area contributed by atoms with Crippen molar-refractivity contribution in [1.29, 1.82) is 0 Å². The van der Waals surface area contributed by atoms with Gasteiger partial charge in [0.1, 0.15) is 5.75 Å². The van der Waals surface area contributed by atoms with E-state index in [0.29, 0.717) is 23.1 Å². The lowest BCUT2D eigenvalue weighted by Gasteiger charge is -2.08. The Hall–Kier alpha value is -2.56. The molecule has 1 aliphatic rings. The van der Waals surface area contributed by atoms with Crippen LogP contribution in [0.1, 0.15) is 21.5 Å². The summed E-state index contributed by atoms with van der Waals surface area (Å²) in [6.45, 7) is 0. The van der Waals surface area contributed by atoms with Gasteiger partial charge in [0.05, 0.1) is 0 Å². The van der Waals surface area contributed by atoms with Gasteiger partial charge in [0.25, 0.3) is 0 Å². The number of ether oxygens (including phenoxy) is 1. The first-order chi connectivity index (χ1) is 10.4. The van der Waals surface area contributed by atoms with Gasteiger partial charge in [0.15, 0.2) is 5.78 Å². The van der Waals surface area contributed by atoms with Crippen LogP contribution >= 0.6 is 0 Å². The highest BCUT2D eigenvalue weighted by Gasteiger charge is 2.31. The molecule has 0 atom stereocenters. The molecule has 3 rings (SSSR count). The third-order valence-electron chi connectivity index (χ3n) is 3.39. The summed E-state index contributed by atoms with van der Waals surface area (Å²) < 4.78 is 40.1. The first-order valence-corrected chi connectivity index (χ1v) is 6.61. The fourth-order valence-electron chi connectivity index (χ4n) is 2.44. The summed E-state index contributed by atoms with van der Waals surface area (Å²) >= 11 is 0. The van der Waals surface area contributed by atoms with Crippen LogP contribution in [0, 0.1) is 0 Å². The van der Waals surface area contributed by atoms with Crippen molar-refractivity contribution in [2.75, 3.05) is 0 Å². The molecule has 0 heterocycles. The Morgan fingerprint density at radius 1 is 1.00 bits per heavy atom. The zero-order chi connectivity index (χ0) is 15.7. The van der Waals surface area contributed by atoms with Crippen molar-refractivity contribution in [2.45, 2.75) is 12.8 Å². The van der Waals surface area contributed by atoms with Crippen molar-refractivity contribution in [2.24, 2.45) is 0 Å². The Labute approximate surface area is 124 Å². The summed E-state index contributed by atoms with van der Waals surface area (Å²) in [7, 11) is 0. The van der Waals surface area contributed by atoms with Crippen LogP contribution < -0.4 is 4.74 Å². The molecule has 0 aromatic heterocycles. The first-order valence-electron chi connectivity index (χ1n) is 6.61. The van der Waals surface area contributed by atoms with Crippen molar-refractivity contribution < 1.29 is 22.7 Å². The number of fused-ring (bicyclic) bond motifs is 1. The Kier molecular flexibility index (Phi) is 3.48. The van der Waals surface area contributed by atoms with Gasteiger partial charge >= 0.3 is 6.36 Å². The number of benzene rings is 2. The average Bonchev–Trinajstić information content (AvgIpc) is 2.77. The summed E-state index contributed by atoms with van der Waals surface area (Å²) in [6.07, 6.45) is -2.47. The number of carbonyl (C=O) groups is 1. The molecular weight excluding hydrogens is 293 g/mol. The number of alkyl halides is 3. The maximum atomic E-state index is 12.2. The van der Waals surface area contributed by atoms with E-state index >= 15 is 0 Å². The minimum absolute atomic E-state index is 0.0359. The molecule has 22 heavy (non-hydrogen) atoms. The van der Waals surface area contributed by atoms with E-state index in [4.69, 9.17) is 0 Å². The number of hydrogen-bond acceptors (Lipinski definition) is 2. The number of ketones is 1. The van der Waals surface area contributed by atoms with Gasteiger partial charge < -0.3 is 4.74 Å². The van der Waals surface area contributed by atoms with Crippen molar-refractivity contribution in [3.63, 3.8) is 0 Å². The van der Waals surface area contributed by atoms with Crippen LogP contribution in [-0.4, -0.2) is 12.1 Å². The van der Waals surface area contributed by atoms with Crippen molar-refractivity contribution >= 4 is 11.9 Å². The molecule has 0 amide bonds. The van der Waals surface area contributed by atoms with E-state index in [2.05, 4.69) is 4.74 Å². The quantitative estimate of drug-likeness (QED) is 0.768. The lowest BCUT2D eigenvalue weighted by molar-refractivity contribution is -0.274. The van der Waals surface area contributed by atoms with Gasteiger partial charge in [0, 0.05) is 17.6 Å². The predicted molar refractivity (Wildman–Crippen MR) is 75.6 cm³/mol. The van der Waals surface area contributed by atoms with Crippen LogP contribution in [-0.2, 0) is 6.42 Å². The third-order valence-corrected chi connectivity index (χ3v) is 3.39. The molecule has 0 radical (unpaired) electrons. The van der Waals surface area contributed by atoms with E-state index in [9.17, 15) is 18.0 Å². The lowest BCUT2D eigenvalue weighted by Crippen LogP contribution is -2.16. The molecule has 2 aromatic carbocycles. The molecule has 0 unspecified atom stereocenters. The number of hydrogen-bond donors (Lipinski definition) is 0. The highest BCUT2D eigenvalue weighted by atomic mass is 19.4. The molecule has 0 saturated carbocycles. The largest absolute Gasteiger partial charge is 0.573 e. The molecule has 5 heteroatoms. The van der Waals surface area contributed by atoms with Gasteiger partial charge in [-0.3, -0.25) is 4.79 Å². The predicted octanol–water partition coefficient (Wildman–Crippen LogP) is 4.41. The average molecular weight is 304 g/mol. The van der Waals surface area contributed by atoms with E-state index < -0.39 is 6.36 Å². The van der Waals surface area contributed by atoms with Crippen LogP contribution in [0.5, 0.6) is 5.75 Å². The van der Waals surface area contributed by atoms with Gasteiger partial charge in [-0.25, -0.2) is 0 Å². The molecule has 2 aromatic rings. The van der Waals surface area contributed by atoms with Gasteiger partial charge in [-0.1, -0.05) is 36.4 Å². The van der Waals surface area contributed by atoms with E-state index in [-0.39, 0.29) is 11.5 Å². The van der Waals surface area contributed by atoms with Crippen LogP contribution in [0.4, 0.5) is 13.2 Å². The monoisotopic (exact) mass is 304 g/mol. The maximum absolute atomic E-state index is 12.2. The second kappa shape index (κ2) is 5.33. The molecule has 0 bridgehead atoms. The topological polar surface area (TPSA) is 26.3 Å². The summed E-state index contributed by atoms with van der Waals surface area (Å²) in [6, 6.07) is 12.8. The normalized spacial score (nSPS) is 16.0. The SMILES string of the molecule is O=C1/C(=C/c2ccc(OC(F)(F)F)cc2)Cc2ccccc21. The number of carbonyl (C=O) groups excluding carboxylic acids is 1. The number of halogens is 3. The highest BCUT2D eigenvalue weighted by molar-refractivity contribution is 6.15. The van der Waals surface area contributed by atoms with E-state index in [1.807, 2.05) is 18.2 Å². The second-order valence-electron chi connectivity index (χ2n) is 4.95. The van der Waals surface area contributed by atoms with Gasteiger partial charge in [-0.2, -0.15) is 0 Å². The number of rotatable bonds is 2. The second-order valence-corrected chi connectivity index (χ2v) is 4.95. The zero-order valence-corrected chi connectivity index (χ0v) is 11.4. The minimum Gasteiger partial charge on any atom is -0.406 e.